The molecule has 2 aromatic rings. The van der Waals surface area contributed by atoms with Gasteiger partial charge in [-0.15, -0.1) is 0 Å². The van der Waals surface area contributed by atoms with Crippen molar-refractivity contribution < 1.29 is 19.1 Å². The minimum atomic E-state index is -0.340. The summed E-state index contributed by atoms with van der Waals surface area (Å²) < 4.78 is 5.16. The van der Waals surface area contributed by atoms with Gasteiger partial charge in [0.05, 0.1) is 18.2 Å². The molecule has 1 heterocycles. The van der Waals surface area contributed by atoms with Crippen molar-refractivity contribution in [2.45, 2.75) is 38.1 Å². The first kappa shape index (κ1) is 18.2. The maximum Gasteiger partial charge on any atom is 0.261 e. The Morgan fingerprint density at radius 1 is 1.00 bits per heavy atom. The predicted molar refractivity (Wildman–Crippen MR) is 105 cm³/mol. The molecule has 6 nitrogen and oxygen atoms in total. The van der Waals surface area contributed by atoms with Gasteiger partial charge in [0.25, 0.3) is 17.7 Å². The summed E-state index contributed by atoms with van der Waals surface area (Å²) in [6, 6.07) is 11.7. The van der Waals surface area contributed by atoms with E-state index >= 15 is 0 Å². The number of nitrogens with one attached hydrogen (secondary N) is 1. The molecule has 0 unspecified atom stereocenters. The predicted octanol–water partition coefficient (Wildman–Crippen LogP) is 3.88. The van der Waals surface area contributed by atoms with E-state index in [9.17, 15) is 14.4 Å². The Balaban J connectivity index is 1.56. The largest absolute Gasteiger partial charge is 0.497 e. The Labute approximate surface area is 163 Å². The number of amides is 3. The molecule has 0 radical (unpaired) electrons. The molecule has 28 heavy (non-hydrogen) atoms. The summed E-state index contributed by atoms with van der Waals surface area (Å²) in [5.74, 6) is -0.238. The molecule has 0 atom stereocenters. The molecule has 1 saturated carbocycles. The summed E-state index contributed by atoms with van der Waals surface area (Å²) in [4.78, 5) is 39.6. The Morgan fingerprint density at radius 3 is 2.50 bits per heavy atom. The van der Waals surface area contributed by atoms with Crippen LogP contribution in [-0.2, 0) is 0 Å². The first-order chi connectivity index (χ1) is 13.6. The second kappa shape index (κ2) is 7.46. The summed E-state index contributed by atoms with van der Waals surface area (Å²) in [6.45, 7) is 0. The Hall–Kier alpha value is -3.15. The van der Waals surface area contributed by atoms with Gasteiger partial charge < -0.3 is 10.1 Å². The van der Waals surface area contributed by atoms with Gasteiger partial charge in [-0.2, -0.15) is 0 Å². The molecular formula is C22H22N2O4. The molecule has 1 aliphatic carbocycles. The lowest BCUT2D eigenvalue weighted by Gasteiger charge is -2.29. The highest BCUT2D eigenvalue weighted by atomic mass is 16.5. The van der Waals surface area contributed by atoms with Crippen LogP contribution in [0.15, 0.2) is 42.5 Å². The zero-order chi connectivity index (χ0) is 19.7. The minimum absolute atomic E-state index is 0.0322. The smallest absolute Gasteiger partial charge is 0.261 e. The highest BCUT2D eigenvalue weighted by Gasteiger charge is 2.40. The zero-order valence-electron chi connectivity index (χ0n) is 15.7. The first-order valence-electron chi connectivity index (χ1n) is 9.56. The third kappa shape index (κ3) is 3.26. The minimum Gasteiger partial charge on any atom is -0.497 e. The van der Waals surface area contributed by atoms with E-state index < -0.39 is 0 Å². The molecule has 1 N–H and O–H groups in total. The molecule has 144 valence electrons. The van der Waals surface area contributed by atoms with Crippen molar-refractivity contribution in [3.63, 3.8) is 0 Å². The maximum absolute atomic E-state index is 12.9. The van der Waals surface area contributed by atoms with E-state index in [1.807, 2.05) is 0 Å². The molecule has 1 aliphatic heterocycles. The monoisotopic (exact) mass is 378 g/mol. The van der Waals surface area contributed by atoms with Gasteiger partial charge in [-0.3, -0.25) is 19.3 Å². The van der Waals surface area contributed by atoms with Crippen molar-refractivity contribution in [2.75, 3.05) is 12.4 Å². The number of methoxy groups -OCH3 is 1. The number of carbonyl (C=O) groups excluding carboxylic acids is 3. The molecule has 2 aromatic carbocycles. The van der Waals surface area contributed by atoms with Crippen LogP contribution in [0.3, 0.4) is 0 Å². The van der Waals surface area contributed by atoms with Gasteiger partial charge in [0.15, 0.2) is 0 Å². The molecule has 0 bridgehead atoms. The number of ether oxygens (including phenoxy) is 1. The van der Waals surface area contributed by atoms with Gasteiger partial charge in [-0.05, 0) is 43.2 Å². The number of hydrogen-bond acceptors (Lipinski definition) is 4. The summed E-state index contributed by atoms with van der Waals surface area (Å²) in [5.41, 5.74) is 1.63. The zero-order valence-corrected chi connectivity index (χ0v) is 15.7. The standard InChI is InChI=1S/C22H22N2O4/c1-28-17-9-5-6-15(13-17)23-20(25)14-10-11-18-19(12-14)22(27)24(21(18)26)16-7-3-2-4-8-16/h5-6,9-13,16H,2-4,7-8H2,1H3,(H,23,25). The number of imide groups is 1. The van der Waals surface area contributed by atoms with Gasteiger partial charge >= 0.3 is 0 Å². The van der Waals surface area contributed by atoms with E-state index in [4.69, 9.17) is 4.74 Å². The van der Waals surface area contributed by atoms with Gasteiger partial charge in [0.1, 0.15) is 5.75 Å². The molecular weight excluding hydrogens is 356 g/mol. The molecule has 1 fully saturated rings. The Morgan fingerprint density at radius 2 is 1.75 bits per heavy atom. The van der Waals surface area contributed by atoms with E-state index in [1.54, 1.807) is 43.5 Å². The number of carbonyl (C=O) groups is 3. The molecule has 6 heteroatoms. The third-order valence-corrected chi connectivity index (χ3v) is 5.45. The van der Waals surface area contributed by atoms with Crippen molar-refractivity contribution in [1.82, 2.24) is 4.90 Å². The Kier molecular flexibility index (Phi) is 4.86. The van der Waals surface area contributed by atoms with Crippen LogP contribution in [0.2, 0.25) is 0 Å². The van der Waals surface area contributed by atoms with E-state index in [1.165, 1.54) is 11.0 Å². The van der Waals surface area contributed by atoms with Crippen LogP contribution in [0.25, 0.3) is 0 Å². The van der Waals surface area contributed by atoms with Crippen LogP contribution >= 0.6 is 0 Å². The van der Waals surface area contributed by atoms with E-state index in [0.29, 0.717) is 28.1 Å². The summed E-state index contributed by atoms with van der Waals surface area (Å²) in [6.07, 6.45) is 4.93. The number of anilines is 1. The van der Waals surface area contributed by atoms with Crippen molar-refractivity contribution in [3.8, 4) is 5.75 Å². The van der Waals surface area contributed by atoms with Crippen LogP contribution in [0, 0.1) is 0 Å². The van der Waals surface area contributed by atoms with Crippen LogP contribution in [0.1, 0.15) is 63.2 Å². The van der Waals surface area contributed by atoms with Crippen LogP contribution in [0.4, 0.5) is 5.69 Å². The van der Waals surface area contributed by atoms with Crippen LogP contribution < -0.4 is 10.1 Å². The quantitative estimate of drug-likeness (QED) is 0.820. The Bertz CT molecular complexity index is 947. The molecule has 3 amide bonds. The van der Waals surface area contributed by atoms with Crippen LogP contribution in [-0.4, -0.2) is 35.8 Å². The molecule has 0 saturated heterocycles. The average Bonchev–Trinajstić information content (AvgIpc) is 2.98. The summed E-state index contributed by atoms with van der Waals surface area (Å²) in [7, 11) is 1.56. The number of benzene rings is 2. The maximum atomic E-state index is 12.9. The van der Waals surface area contributed by atoms with Gasteiger partial charge in [0, 0.05) is 23.4 Å². The first-order valence-corrected chi connectivity index (χ1v) is 9.56. The lowest BCUT2D eigenvalue weighted by Crippen LogP contribution is -2.40. The van der Waals surface area contributed by atoms with Crippen molar-refractivity contribution in [1.29, 1.82) is 0 Å². The summed E-state index contributed by atoms with van der Waals surface area (Å²) in [5, 5.41) is 2.80. The number of fused-ring (bicyclic) bond motifs is 1. The van der Waals surface area contributed by atoms with Crippen LogP contribution in [0.5, 0.6) is 5.75 Å². The topological polar surface area (TPSA) is 75.7 Å². The second-order valence-electron chi connectivity index (χ2n) is 7.22. The normalized spacial score (nSPS) is 16.8. The average molecular weight is 378 g/mol. The number of hydrogen-bond donors (Lipinski definition) is 1. The lowest BCUT2D eigenvalue weighted by atomic mass is 9.94. The van der Waals surface area contributed by atoms with E-state index in [-0.39, 0.29) is 23.8 Å². The lowest BCUT2D eigenvalue weighted by molar-refractivity contribution is 0.0549. The van der Waals surface area contributed by atoms with Crippen molar-refractivity contribution >= 4 is 23.4 Å². The van der Waals surface area contributed by atoms with Gasteiger partial charge in [-0.1, -0.05) is 25.3 Å². The highest BCUT2D eigenvalue weighted by molar-refractivity contribution is 6.22. The van der Waals surface area contributed by atoms with E-state index in [2.05, 4.69) is 5.32 Å². The highest BCUT2D eigenvalue weighted by Crippen LogP contribution is 2.31. The van der Waals surface area contributed by atoms with E-state index in [0.717, 1.165) is 32.1 Å². The fourth-order valence-electron chi connectivity index (χ4n) is 3.98. The summed E-state index contributed by atoms with van der Waals surface area (Å²) >= 11 is 0. The van der Waals surface area contributed by atoms with Crippen molar-refractivity contribution in [3.05, 3.63) is 59.2 Å². The fourth-order valence-corrected chi connectivity index (χ4v) is 3.98. The SMILES string of the molecule is COc1cccc(NC(=O)c2ccc3c(c2)C(=O)N(C2CCCCC2)C3=O)c1. The number of rotatable bonds is 4. The molecule has 4 rings (SSSR count). The van der Waals surface area contributed by atoms with Crippen molar-refractivity contribution in [2.24, 2.45) is 0 Å². The molecule has 0 aromatic heterocycles. The molecule has 0 spiro atoms. The van der Waals surface area contributed by atoms with Gasteiger partial charge in [0.2, 0.25) is 0 Å². The third-order valence-electron chi connectivity index (χ3n) is 5.45. The van der Waals surface area contributed by atoms with Gasteiger partial charge in [-0.25, -0.2) is 0 Å². The molecule has 2 aliphatic rings. The fraction of sp³-hybridized carbons (Fsp3) is 0.318. The number of nitrogens with zero attached hydrogens (tertiary/aromatic N) is 1. The second-order valence-corrected chi connectivity index (χ2v) is 7.22.